The molecule has 0 bridgehead atoms. The molecule has 24 heavy (non-hydrogen) atoms. The third kappa shape index (κ3) is 3.34. The molecule has 0 saturated carbocycles. The molecule has 124 valence electrons. The van der Waals surface area contributed by atoms with Crippen molar-refractivity contribution in [3.8, 4) is 0 Å². The topological polar surface area (TPSA) is 65.1 Å². The first-order valence-corrected chi connectivity index (χ1v) is 8.18. The average molecular weight is 322 g/mol. The van der Waals surface area contributed by atoms with Crippen molar-refractivity contribution >= 4 is 22.5 Å². The van der Waals surface area contributed by atoms with Gasteiger partial charge >= 0.3 is 0 Å². The number of carbonyl (C=O) groups is 1. The second-order valence-corrected chi connectivity index (χ2v) is 6.12. The minimum atomic E-state index is -0.613. The van der Waals surface area contributed by atoms with Crippen LogP contribution >= 0.6 is 0 Å². The number of H-pyrrole nitrogens is 1. The van der Waals surface area contributed by atoms with Gasteiger partial charge in [0.05, 0.1) is 6.10 Å². The van der Waals surface area contributed by atoms with Crippen LogP contribution in [-0.4, -0.2) is 16.0 Å². The number of anilines is 1. The summed E-state index contributed by atoms with van der Waals surface area (Å²) in [6.07, 6.45) is 2.44. The summed E-state index contributed by atoms with van der Waals surface area (Å²) < 4.78 is 0. The van der Waals surface area contributed by atoms with E-state index in [9.17, 15) is 9.90 Å². The zero-order valence-corrected chi connectivity index (χ0v) is 14.0. The monoisotopic (exact) mass is 322 g/mol. The molecule has 3 rings (SSSR count). The molecule has 0 spiro atoms. The Morgan fingerprint density at radius 2 is 2.00 bits per heavy atom. The van der Waals surface area contributed by atoms with Crippen LogP contribution in [0, 0.1) is 6.92 Å². The van der Waals surface area contributed by atoms with Gasteiger partial charge in [-0.2, -0.15) is 0 Å². The Labute approximate surface area is 141 Å². The summed E-state index contributed by atoms with van der Waals surface area (Å²) in [5, 5.41) is 13.9. The number of para-hydroxylation sites is 2. The molecular formula is C20H22N2O2. The van der Waals surface area contributed by atoms with E-state index >= 15 is 0 Å². The van der Waals surface area contributed by atoms with E-state index in [4.69, 9.17) is 0 Å². The summed E-state index contributed by atoms with van der Waals surface area (Å²) in [7, 11) is 0. The summed E-state index contributed by atoms with van der Waals surface area (Å²) in [6.45, 7) is 3.77. The van der Waals surface area contributed by atoms with E-state index < -0.39 is 6.10 Å². The number of amides is 1. The highest BCUT2D eigenvalue weighted by Crippen LogP contribution is 2.24. The van der Waals surface area contributed by atoms with Crippen LogP contribution in [0.25, 0.3) is 10.9 Å². The van der Waals surface area contributed by atoms with Crippen LogP contribution in [0.15, 0.2) is 48.7 Å². The van der Waals surface area contributed by atoms with E-state index in [1.165, 1.54) is 10.9 Å². The highest BCUT2D eigenvalue weighted by atomic mass is 16.3. The minimum Gasteiger partial charge on any atom is -0.389 e. The number of fused-ring (bicyclic) bond motifs is 1. The molecule has 1 unspecified atom stereocenters. The fraction of sp³-hybridized carbons (Fsp3) is 0.250. The van der Waals surface area contributed by atoms with E-state index in [2.05, 4.69) is 29.4 Å². The van der Waals surface area contributed by atoms with Crippen molar-refractivity contribution in [2.45, 2.75) is 32.8 Å². The fourth-order valence-corrected chi connectivity index (χ4v) is 3.01. The maximum Gasteiger partial charge on any atom is 0.224 e. The molecule has 0 saturated heterocycles. The molecule has 1 atom stereocenters. The number of nitrogens with one attached hydrogen (secondary N) is 2. The van der Waals surface area contributed by atoms with Crippen LogP contribution < -0.4 is 5.32 Å². The van der Waals surface area contributed by atoms with Crippen molar-refractivity contribution in [3.05, 3.63) is 65.4 Å². The summed E-state index contributed by atoms with van der Waals surface area (Å²) in [5.41, 5.74) is 4.88. The molecule has 1 aromatic heterocycles. The first kappa shape index (κ1) is 16.3. The van der Waals surface area contributed by atoms with E-state index in [1.807, 2.05) is 36.5 Å². The molecule has 3 N–H and O–H groups in total. The molecule has 4 heteroatoms. The van der Waals surface area contributed by atoms with E-state index in [-0.39, 0.29) is 5.91 Å². The predicted octanol–water partition coefficient (Wildman–Crippen LogP) is 4.10. The zero-order chi connectivity index (χ0) is 17.1. The Bertz CT molecular complexity index is 865. The van der Waals surface area contributed by atoms with Gasteiger partial charge in [0.2, 0.25) is 5.91 Å². The molecule has 2 aromatic carbocycles. The Morgan fingerprint density at radius 3 is 2.79 bits per heavy atom. The van der Waals surface area contributed by atoms with E-state index in [0.717, 1.165) is 16.6 Å². The number of rotatable bonds is 5. The highest BCUT2D eigenvalue weighted by molar-refractivity contribution is 5.92. The zero-order valence-electron chi connectivity index (χ0n) is 14.0. The molecule has 0 radical (unpaired) electrons. The molecule has 0 fully saturated rings. The molecule has 0 aliphatic rings. The summed E-state index contributed by atoms with van der Waals surface area (Å²) in [6, 6.07) is 13.5. The maximum absolute atomic E-state index is 12.3. The SMILES string of the molecule is Cc1cccc2c(CCC(=O)Nc3ccccc3C(C)O)c[nH]c12. The van der Waals surface area contributed by atoms with Crippen LogP contribution in [0.2, 0.25) is 0 Å². The quantitative estimate of drug-likeness (QED) is 0.662. The number of hydrogen-bond acceptors (Lipinski definition) is 2. The number of aryl methyl sites for hydroxylation is 2. The van der Waals surface area contributed by atoms with Gasteiger partial charge in [0.25, 0.3) is 0 Å². The highest BCUT2D eigenvalue weighted by Gasteiger charge is 2.11. The van der Waals surface area contributed by atoms with Crippen LogP contribution in [0.3, 0.4) is 0 Å². The number of aliphatic hydroxyl groups excluding tert-OH is 1. The van der Waals surface area contributed by atoms with Gasteiger partial charge in [-0.3, -0.25) is 4.79 Å². The lowest BCUT2D eigenvalue weighted by molar-refractivity contribution is -0.116. The van der Waals surface area contributed by atoms with E-state index in [0.29, 0.717) is 18.5 Å². The predicted molar refractivity (Wildman–Crippen MR) is 97.1 cm³/mol. The Morgan fingerprint density at radius 1 is 1.21 bits per heavy atom. The Balaban J connectivity index is 1.69. The van der Waals surface area contributed by atoms with Crippen LogP contribution in [0.1, 0.15) is 36.1 Å². The molecule has 1 amide bonds. The van der Waals surface area contributed by atoms with Gasteiger partial charge in [0.1, 0.15) is 0 Å². The number of benzene rings is 2. The largest absolute Gasteiger partial charge is 0.389 e. The molecular weight excluding hydrogens is 300 g/mol. The number of aliphatic hydroxyl groups is 1. The lowest BCUT2D eigenvalue weighted by Gasteiger charge is -2.12. The molecule has 1 heterocycles. The lowest BCUT2D eigenvalue weighted by atomic mass is 10.1. The summed E-state index contributed by atoms with van der Waals surface area (Å²) >= 11 is 0. The van der Waals surface area contributed by atoms with Crippen LogP contribution in [0.4, 0.5) is 5.69 Å². The molecule has 0 aliphatic carbocycles. The van der Waals surface area contributed by atoms with Gasteiger partial charge in [-0.25, -0.2) is 0 Å². The normalized spacial score (nSPS) is 12.3. The maximum atomic E-state index is 12.3. The minimum absolute atomic E-state index is 0.0508. The van der Waals surface area contributed by atoms with Crippen molar-refractivity contribution < 1.29 is 9.90 Å². The first-order chi connectivity index (χ1) is 11.6. The second-order valence-electron chi connectivity index (χ2n) is 6.12. The first-order valence-electron chi connectivity index (χ1n) is 8.18. The van der Waals surface area contributed by atoms with Gasteiger partial charge < -0.3 is 15.4 Å². The molecule has 3 aromatic rings. The molecule has 0 aliphatic heterocycles. The fourth-order valence-electron chi connectivity index (χ4n) is 3.01. The van der Waals surface area contributed by atoms with Crippen LogP contribution in [-0.2, 0) is 11.2 Å². The van der Waals surface area contributed by atoms with Crippen molar-refractivity contribution in [2.24, 2.45) is 0 Å². The van der Waals surface area contributed by atoms with Crippen molar-refractivity contribution in [3.63, 3.8) is 0 Å². The number of carbonyl (C=O) groups excluding carboxylic acids is 1. The molecule has 4 nitrogen and oxygen atoms in total. The Kier molecular flexibility index (Phi) is 4.67. The summed E-state index contributed by atoms with van der Waals surface area (Å²) in [4.78, 5) is 15.6. The standard InChI is InChI=1S/C20H22N2O2/c1-13-6-5-8-17-15(12-21-20(13)17)10-11-19(24)22-18-9-4-3-7-16(18)14(2)23/h3-9,12,14,21,23H,10-11H2,1-2H3,(H,22,24). The van der Waals surface area contributed by atoms with Gasteiger partial charge in [-0.1, -0.05) is 36.4 Å². The lowest BCUT2D eigenvalue weighted by Crippen LogP contribution is -2.14. The van der Waals surface area contributed by atoms with Crippen LogP contribution in [0.5, 0.6) is 0 Å². The number of hydrogen-bond donors (Lipinski definition) is 3. The smallest absolute Gasteiger partial charge is 0.224 e. The average Bonchev–Trinajstić information content (AvgIpc) is 2.98. The van der Waals surface area contributed by atoms with Gasteiger partial charge in [-0.05, 0) is 37.5 Å². The number of aromatic nitrogens is 1. The van der Waals surface area contributed by atoms with Crippen molar-refractivity contribution in [1.82, 2.24) is 4.98 Å². The third-order valence-corrected chi connectivity index (χ3v) is 4.32. The van der Waals surface area contributed by atoms with E-state index in [1.54, 1.807) is 6.92 Å². The van der Waals surface area contributed by atoms with Gasteiger partial charge in [-0.15, -0.1) is 0 Å². The third-order valence-electron chi connectivity index (χ3n) is 4.32. The number of aromatic amines is 1. The van der Waals surface area contributed by atoms with Crippen molar-refractivity contribution in [2.75, 3.05) is 5.32 Å². The second kappa shape index (κ2) is 6.89. The Hall–Kier alpha value is -2.59. The summed E-state index contributed by atoms with van der Waals surface area (Å²) in [5.74, 6) is -0.0508. The van der Waals surface area contributed by atoms with Gasteiger partial charge in [0, 0.05) is 34.8 Å². The van der Waals surface area contributed by atoms with Crippen molar-refractivity contribution in [1.29, 1.82) is 0 Å². The van der Waals surface area contributed by atoms with Gasteiger partial charge in [0.15, 0.2) is 0 Å².